The van der Waals surface area contributed by atoms with Gasteiger partial charge in [0.25, 0.3) is 0 Å². The van der Waals surface area contributed by atoms with Crippen molar-refractivity contribution in [2.75, 3.05) is 0 Å². The fourth-order valence-corrected chi connectivity index (χ4v) is 2.59. The second-order valence-electron chi connectivity index (χ2n) is 4.56. The van der Waals surface area contributed by atoms with Crippen molar-refractivity contribution in [3.63, 3.8) is 0 Å². The van der Waals surface area contributed by atoms with Crippen LogP contribution in [0.5, 0.6) is 0 Å². The molecular formula is C14H15BrN2O2. The Labute approximate surface area is 120 Å². The maximum atomic E-state index is 11.3. The molecule has 0 saturated heterocycles. The maximum absolute atomic E-state index is 11.3. The van der Waals surface area contributed by atoms with E-state index in [-0.39, 0.29) is 0 Å². The first-order valence-electron chi connectivity index (χ1n) is 5.91. The summed E-state index contributed by atoms with van der Waals surface area (Å²) in [5.74, 6) is -0.901. The van der Waals surface area contributed by atoms with Gasteiger partial charge in [-0.3, -0.25) is 4.68 Å². The fraction of sp³-hybridized carbons (Fsp3) is 0.286. The monoisotopic (exact) mass is 322 g/mol. The summed E-state index contributed by atoms with van der Waals surface area (Å²) in [6, 6.07) is 5.23. The van der Waals surface area contributed by atoms with Crippen LogP contribution in [0.15, 0.2) is 22.7 Å². The lowest BCUT2D eigenvalue weighted by Crippen LogP contribution is -2.04. The Bertz CT molecular complexity index is 647. The van der Waals surface area contributed by atoms with Crippen molar-refractivity contribution >= 4 is 21.9 Å². The van der Waals surface area contributed by atoms with Gasteiger partial charge in [0.15, 0.2) is 0 Å². The number of hydrogen-bond acceptors (Lipinski definition) is 2. The normalized spacial score (nSPS) is 10.7. The highest BCUT2D eigenvalue weighted by Gasteiger charge is 2.15. The van der Waals surface area contributed by atoms with Gasteiger partial charge in [-0.1, -0.05) is 15.9 Å². The predicted octanol–water partition coefficient (Wildman–Crippen LogP) is 3.09. The number of carboxylic acid groups (broad SMARTS) is 1. The minimum Gasteiger partial charge on any atom is -0.478 e. The van der Waals surface area contributed by atoms with Gasteiger partial charge in [-0.2, -0.15) is 5.10 Å². The number of carbonyl (C=O) groups is 1. The van der Waals surface area contributed by atoms with E-state index in [1.807, 2.05) is 31.6 Å². The van der Waals surface area contributed by atoms with E-state index in [1.54, 1.807) is 12.1 Å². The lowest BCUT2D eigenvalue weighted by atomic mass is 9.99. The predicted molar refractivity (Wildman–Crippen MR) is 76.6 cm³/mol. The molecule has 19 heavy (non-hydrogen) atoms. The molecule has 0 bridgehead atoms. The number of aryl methyl sites for hydroxylation is 2. The molecule has 0 amide bonds. The summed E-state index contributed by atoms with van der Waals surface area (Å²) in [7, 11) is 1.89. The van der Waals surface area contributed by atoms with Gasteiger partial charge in [-0.25, -0.2) is 4.79 Å². The van der Waals surface area contributed by atoms with Crippen LogP contribution < -0.4 is 0 Å². The number of rotatable bonds is 3. The van der Waals surface area contributed by atoms with Crippen LogP contribution in [0, 0.1) is 13.8 Å². The van der Waals surface area contributed by atoms with Gasteiger partial charge >= 0.3 is 5.97 Å². The van der Waals surface area contributed by atoms with Crippen LogP contribution in [0.2, 0.25) is 0 Å². The Hall–Kier alpha value is -1.62. The van der Waals surface area contributed by atoms with Crippen molar-refractivity contribution in [3.05, 3.63) is 50.8 Å². The van der Waals surface area contributed by atoms with Crippen LogP contribution in [-0.4, -0.2) is 20.9 Å². The summed E-state index contributed by atoms with van der Waals surface area (Å²) in [5.41, 5.74) is 4.22. The standard InChI is InChI=1S/C14H15BrN2O2/c1-8-13(9(2)17(3)16-8)7-10-6-11(15)4-5-12(10)14(18)19/h4-6H,7H2,1-3H3,(H,18,19). The Morgan fingerprint density at radius 3 is 2.63 bits per heavy atom. The van der Waals surface area contributed by atoms with Crippen LogP contribution in [0.3, 0.4) is 0 Å². The molecule has 1 aromatic heterocycles. The van der Waals surface area contributed by atoms with E-state index in [0.717, 1.165) is 27.0 Å². The molecule has 1 aromatic carbocycles. The smallest absolute Gasteiger partial charge is 0.335 e. The van der Waals surface area contributed by atoms with Crippen molar-refractivity contribution in [2.24, 2.45) is 7.05 Å². The van der Waals surface area contributed by atoms with Gasteiger partial charge in [0.2, 0.25) is 0 Å². The van der Waals surface area contributed by atoms with E-state index >= 15 is 0 Å². The molecule has 1 heterocycles. The van der Waals surface area contributed by atoms with Gasteiger partial charge < -0.3 is 5.11 Å². The molecule has 0 unspecified atom stereocenters. The molecule has 2 rings (SSSR count). The lowest BCUT2D eigenvalue weighted by Gasteiger charge is -2.07. The Balaban J connectivity index is 2.48. The molecule has 2 aromatic rings. The van der Waals surface area contributed by atoms with E-state index in [2.05, 4.69) is 21.0 Å². The summed E-state index contributed by atoms with van der Waals surface area (Å²) in [6.07, 6.45) is 0.576. The van der Waals surface area contributed by atoms with Crippen LogP contribution in [0.4, 0.5) is 0 Å². The molecule has 100 valence electrons. The number of benzene rings is 1. The highest BCUT2D eigenvalue weighted by Crippen LogP contribution is 2.23. The van der Waals surface area contributed by atoms with Crippen molar-refractivity contribution in [2.45, 2.75) is 20.3 Å². The Morgan fingerprint density at radius 2 is 2.11 bits per heavy atom. The van der Waals surface area contributed by atoms with Gasteiger partial charge in [0, 0.05) is 29.2 Å². The maximum Gasteiger partial charge on any atom is 0.335 e. The fourth-order valence-electron chi connectivity index (χ4n) is 2.18. The summed E-state index contributed by atoms with van der Waals surface area (Å²) >= 11 is 3.39. The average Bonchev–Trinajstić information content (AvgIpc) is 2.56. The third kappa shape index (κ3) is 2.71. The minimum absolute atomic E-state index is 0.339. The number of carboxylic acids is 1. The van der Waals surface area contributed by atoms with Gasteiger partial charge in [-0.15, -0.1) is 0 Å². The van der Waals surface area contributed by atoms with Crippen LogP contribution >= 0.6 is 15.9 Å². The number of hydrogen-bond donors (Lipinski definition) is 1. The second-order valence-corrected chi connectivity index (χ2v) is 5.47. The molecule has 0 atom stereocenters. The van der Waals surface area contributed by atoms with E-state index in [4.69, 9.17) is 0 Å². The number of aromatic carboxylic acids is 1. The first kappa shape index (κ1) is 13.8. The highest BCUT2D eigenvalue weighted by atomic mass is 79.9. The quantitative estimate of drug-likeness (QED) is 0.944. The SMILES string of the molecule is Cc1nn(C)c(C)c1Cc1cc(Br)ccc1C(=O)O. The van der Waals surface area contributed by atoms with Gasteiger partial charge in [-0.05, 0) is 37.6 Å². The zero-order chi connectivity index (χ0) is 14.2. The number of nitrogens with zero attached hydrogens (tertiary/aromatic N) is 2. The molecule has 0 aliphatic heterocycles. The topological polar surface area (TPSA) is 55.1 Å². The van der Waals surface area contributed by atoms with E-state index in [0.29, 0.717) is 12.0 Å². The molecule has 4 nitrogen and oxygen atoms in total. The third-order valence-corrected chi connectivity index (χ3v) is 3.82. The summed E-state index contributed by atoms with van der Waals surface area (Å²) in [5, 5.41) is 13.6. The molecule has 0 radical (unpaired) electrons. The zero-order valence-electron chi connectivity index (χ0n) is 11.1. The largest absolute Gasteiger partial charge is 0.478 e. The Morgan fingerprint density at radius 1 is 1.42 bits per heavy atom. The highest BCUT2D eigenvalue weighted by molar-refractivity contribution is 9.10. The Kier molecular flexibility index (Phi) is 3.75. The lowest BCUT2D eigenvalue weighted by molar-refractivity contribution is 0.0696. The van der Waals surface area contributed by atoms with Crippen LogP contribution in [0.1, 0.15) is 32.9 Å². The summed E-state index contributed by atoms with van der Waals surface area (Å²) < 4.78 is 2.70. The molecule has 0 aliphatic carbocycles. The molecule has 5 heteroatoms. The second kappa shape index (κ2) is 5.17. The molecule has 0 saturated carbocycles. The van der Waals surface area contributed by atoms with Crippen LogP contribution in [-0.2, 0) is 13.5 Å². The van der Waals surface area contributed by atoms with E-state index < -0.39 is 5.97 Å². The third-order valence-electron chi connectivity index (χ3n) is 3.32. The number of halogens is 1. The summed E-state index contributed by atoms with van der Waals surface area (Å²) in [4.78, 5) is 11.3. The van der Waals surface area contributed by atoms with Gasteiger partial charge in [0.05, 0.1) is 11.3 Å². The van der Waals surface area contributed by atoms with Gasteiger partial charge in [0.1, 0.15) is 0 Å². The first-order chi connectivity index (χ1) is 8.90. The minimum atomic E-state index is -0.901. The van der Waals surface area contributed by atoms with Crippen molar-refractivity contribution in [3.8, 4) is 0 Å². The summed E-state index contributed by atoms with van der Waals surface area (Å²) in [6.45, 7) is 3.94. The van der Waals surface area contributed by atoms with Crippen molar-refractivity contribution < 1.29 is 9.90 Å². The van der Waals surface area contributed by atoms with Crippen molar-refractivity contribution in [1.82, 2.24) is 9.78 Å². The van der Waals surface area contributed by atoms with Crippen LogP contribution in [0.25, 0.3) is 0 Å². The van der Waals surface area contributed by atoms with E-state index in [9.17, 15) is 9.90 Å². The first-order valence-corrected chi connectivity index (χ1v) is 6.70. The molecule has 1 N–H and O–H groups in total. The zero-order valence-corrected chi connectivity index (χ0v) is 12.7. The number of aromatic nitrogens is 2. The molecule has 0 spiro atoms. The van der Waals surface area contributed by atoms with Crippen molar-refractivity contribution in [1.29, 1.82) is 0 Å². The van der Waals surface area contributed by atoms with E-state index in [1.165, 1.54) is 0 Å². The molecule has 0 fully saturated rings. The molecule has 0 aliphatic rings. The average molecular weight is 323 g/mol. The molecular weight excluding hydrogens is 308 g/mol.